The number of ether oxygens (including phenoxy) is 1. The van der Waals surface area contributed by atoms with Crippen molar-refractivity contribution in [1.82, 2.24) is 9.47 Å². The Kier molecular flexibility index (Phi) is 7.36. The lowest BCUT2D eigenvalue weighted by molar-refractivity contribution is 0.102. The monoisotopic (exact) mass is 493 g/mol. The molecule has 0 bridgehead atoms. The van der Waals surface area contributed by atoms with Crippen LogP contribution < -0.4 is 10.1 Å². The van der Waals surface area contributed by atoms with Crippen LogP contribution in [-0.2, 0) is 6.54 Å². The highest BCUT2D eigenvalue weighted by Crippen LogP contribution is 2.35. The van der Waals surface area contributed by atoms with Gasteiger partial charge in [-0.25, -0.2) is 9.18 Å². The second-order valence-electron chi connectivity index (χ2n) is 7.91. The number of halogens is 2. The van der Waals surface area contributed by atoms with Crippen LogP contribution in [0.2, 0.25) is 5.02 Å². The summed E-state index contributed by atoms with van der Waals surface area (Å²) >= 11 is 6.35. The number of hydrogen-bond acceptors (Lipinski definition) is 3. The van der Waals surface area contributed by atoms with Gasteiger partial charge in [-0.15, -0.1) is 0 Å². The van der Waals surface area contributed by atoms with E-state index in [1.807, 2.05) is 61.0 Å². The van der Waals surface area contributed by atoms with E-state index in [-0.39, 0.29) is 11.3 Å². The molecule has 4 rings (SSSR count). The molecule has 0 fully saturated rings. The van der Waals surface area contributed by atoms with Crippen molar-refractivity contribution in [1.29, 1.82) is 0 Å². The number of carbonyl (C=O) groups is 2. The van der Waals surface area contributed by atoms with Gasteiger partial charge in [0.15, 0.2) is 5.75 Å². The average molecular weight is 494 g/mol. The molecule has 0 aliphatic heterocycles. The van der Waals surface area contributed by atoms with Gasteiger partial charge in [-0.3, -0.25) is 4.79 Å². The summed E-state index contributed by atoms with van der Waals surface area (Å²) in [4.78, 5) is 27.2. The van der Waals surface area contributed by atoms with Crippen molar-refractivity contribution in [2.24, 2.45) is 0 Å². The van der Waals surface area contributed by atoms with Crippen molar-refractivity contribution in [3.63, 3.8) is 0 Å². The summed E-state index contributed by atoms with van der Waals surface area (Å²) in [6, 6.07) is 18.3. The number of nitrogens with one attached hydrogen (secondary N) is 1. The minimum Gasteiger partial charge on any atom is -0.408 e. The van der Waals surface area contributed by atoms with Crippen LogP contribution in [0.3, 0.4) is 0 Å². The molecule has 0 saturated heterocycles. The molecule has 3 aromatic carbocycles. The molecule has 4 aromatic rings. The molecule has 0 radical (unpaired) electrons. The van der Waals surface area contributed by atoms with E-state index in [9.17, 15) is 14.0 Å². The van der Waals surface area contributed by atoms with E-state index < -0.39 is 17.8 Å². The summed E-state index contributed by atoms with van der Waals surface area (Å²) in [6.07, 6.45) is 1.35. The summed E-state index contributed by atoms with van der Waals surface area (Å²) in [7, 11) is 0. The fourth-order valence-corrected chi connectivity index (χ4v) is 4.07. The lowest BCUT2D eigenvalue weighted by Gasteiger charge is -2.20. The number of anilines is 1. The molecular weight excluding hydrogens is 469 g/mol. The molecule has 1 aromatic heterocycles. The number of hydrogen-bond donors (Lipinski definition) is 1. The van der Waals surface area contributed by atoms with Crippen molar-refractivity contribution in [3.8, 4) is 5.75 Å². The Balaban J connectivity index is 1.75. The zero-order valence-electron chi connectivity index (χ0n) is 19.4. The maximum absolute atomic E-state index is 13.7. The number of carbonyl (C=O) groups excluding carboxylic acids is 2. The Morgan fingerprint density at radius 2 is 1.80 bits per heavy atom. The van der Waals surface area contributed by atoms with E-state index in [2.05, 4.69) is 5.32 Å². The van der Waals surface area contributed by atoms with Gasteiger partial charge in [0.2, 0.25) is 0 Å². The van der Waals surface area contributed by atoms with E-state index in [1.165, 1.54) is 23.1 Å². The van der Waals surface area contributed by atoms with Crippen molar-refractivity contribution in [2.75, 3.05) is 18.4 Å². The Morgan fingerprint density at radius 1 is 1.03 bits per heavy atom. The molecule has 1 N–H and O–H groups in total. The molecule has 1 heterocycles. The maximum Gasteiger partial charge on any atom is 0.415 e. The number of rotatable bonds is 7. The van der Waals surface area contributed by atoms with Gasteiger partial charge in [0.1, 0.15) is 5.82 Å². The molecule has 180 valence electrons. The van der Waals surface area contributed by atoms with Gasteiger partial charge in [0.05, 0.1) is 11.2 Å². The third-order valence-electron chi connectivity index (χ3n) is 5.76. The number of amides is 2. The average Bonchev–Trinajstić information content (AvgIpc) is 3.25. The standard InChI is InChI=1S/C27H25ClFN3O3/c1-3-31(4-2)27(34)35-24-13-12-23-21(14-15-32(23)17-19-8-5-6-11-22(19)28)25(24)30-26(33)18-9-7-10-20(29)16-18/h5-16H,3-4,17H2,1-2H3,(H,30,33). The van der Waals surface area contributed by atoms with Gasteiger partial charge in [0.25, 0.3) is 5.91 Å². The first-order valence-electron chi connectivity index (χ1n) is 11.3. The first-order chi connectivity index (χ1) is 16.9. The van der Waals surface area contributed by atoms with Gasteiger partial charge in [-0.1, -0.05) is 35.9 Å². The minimum absolute atomic E-state index is 0.151. The third kappa shape index (κ3) is 5.30. The molecule has 35 heavy (non-hydrogen) atoms. The molecule has 0 atom stereocenters. The molecular formula is C27H25ClFN3O3. The topological polar surface area (TPSA) is 63.6 Å². The SMILES string of the molecule is CCN(CC)C(=O)Oc1ccc2c(ccn2Cc2ccccc2Cl)c1NC(=O)c1cccc(F)c1. The van der Waals surface area contributed by atoms with Crippen LogP contribution in [0.4, 0.5) is 14.9 Å². The molecule has 0 aliphatic rings. The fourth-order valence-electron chi connectivity index (χ4n) is 3.87. The lowest BCUT2D eigenvalue weighted by atomic mass is 10.1. The van der Waals surface area contributed by atoms with E-state index >= 15 is 0 Å². The van der Waals surface area contributed by atoms with Crippen LogP contribution in [-0.4, -0.2) is 34.6 Å². The van der Waals surface area contributed by atoms with Crippen molar-refractivity contribution in [2.45, 2.75) is 20.4 Å². The molecule has 2 amide bonds. The van der Waals surface area contributed by atoms with Crippen molar-refractivity contribution < 1.29 is 18.7 Å². The highest BCUT2D eigenvalue weighted by Gasteiger charge is 2.20. The first-order valence-corrected chi connectivity index (χ1v) is 11.7. The van der Waals surface area contributed by atoms with Gasteiger partial charge in [0, 0.05) is 41.8 Å². The fraction of sp³-hybridized carbons (Fsp3) is 0.185. The van der Waals surface area contributed by atoms with Crippen molar-refractivity contribution >= 4 is 40.2 Å². The van der Waals surface area contributed by atoms with E-state index in [4.69, 9.17) is 16.3 Å². The van der Waals surface area contributed by atoms with Crippen molar-refractivity contribution in [3.05, 3.63) is 94.9 Å². The van der Waals surface area contributed by atoms with Gasteiger partial charge < -0.3 is 19.5 Å². The Labute approximate surface area is 207 Å². The van der Waals surface area contributed by atoms with E-state index in [0.717, 1.165) is 17.1 Å². The third-order valence-corrected chi connectivity index (χ3v) is 6.13. The maximum atomic E-state index is 13.7. The van der Waals surface area contributed by atoms with Gasteiger partial charge in [-0.2, -0.15) is 0 Å². The molecule has 0 aliphatic carbocycles. The van der Waals surface area contributed by atoms with Gasteiger partial charge in [-0.05, 0) is 61.9 Å². The number of nitrogens with zero attached hydrogens (tertiary/aromatic N) is 2. The predicted octanol–water partition coefficient (Wildman–Crippen LogP) is 6.58. The van der Waals surface area contributed by atoms with Crippen LogP contribution >= 0.6 is 11.6 Å². The van der Waals surface area contributed by atoms with Crippen LogP contribution in [0.25, 0.3) is 10.9 Å². The second kappa shape index (κ2) is 10.6. The zero-order valence-corrected chi connectivity index (χ0v) is 20.2. The summed E-state index contributed by atoms with van der Waals surface area (Å²) < 4.78 is 21.4. The Bertz CT molecular complexity index is 1380. The summed E-state index contributed by atoms with van der Waals surface area (Å²) in [6.45, 7) is 5.19. The highest BCUT2D eigenvalue weighted by molar-refractivity contribution is 6.31. The van der Waals surface area contributed by atoms with E-state index in [1.54, 1.807) is 6.07 Å². The molecule has 0 unspecified atom stereocenters. The number of aromatic nitrogens is 1. The Hall–Kier alpha value is -3.84. The summed E-state index contributed by atoms with van der Waals surface area (Å²) in [5.74, 6) is -0.833. The largest absolute Gasteiger partial charge is 0.415 e. The van der Waals surface area contributed by atoms with E-state index in [0.29, 0.717) is 35.7 Å². The summed E-state index contributed by atoms with van der Waals surface area (Å²) in [5.41, 5.74) is 2.23. The summed E-state index contributed by atoms with van der Waals surface area (Å²) in [5, 5.41) is 4.15. The minimum atomic E-state index is -0.522. The molecule has 0 spiro atoms. The smallest absolute Gasteiger partial charge is 0.408 e. The van der Waals surface area contributed by atoms with Crippen LogP contribution in [0.15, 0.2) is 72.9 Å². The van der Waals surface area contributed by atoms with Gasteiger partial charge >= 0.3 is 6.09 Å². The predicted molar refractivity (Wildman–Crippen MR) is 136 cm³/mol. The molecule has 8 heteroatoms. The Morgan fingerprint density at radius 3 is 2.51 bits per heavy atom. The number of benzene rings is 3. The zero-order chi connectivity index (χ0) is 24.9. The quantitative estimate of drug-likeness (QED) is 0.316. The van der Waals surface area contributed by atoms with Crippen LogP contribution in [0, 0.1) is 5.82 Å². The van der Waals surface area contributed by atoms with Crippen LogP contribution in [0.5, 0.6) is 5.75 Å². The number of fused-ring (bicyclic) bond motifs is 1. The molecule has 0 saturated carbocycles. The normalized spacial score (nSPS) is 10.9. The lowest BCUT2D eigenvalue weighted by Crippen LogP contribution is -2.33. The first kappa shape index (κ1) is 24.3. The molecule has 6 nitrogen and oxygen atoms in total. The highest BCUT2D eigenvalue weighted by atomic mass is 35.5. The second-order valence-corrected chi connectivity index (χ2v) is 8.32. The van der Waals surface area contributed by atoms with Crippen LogP contribution in [0.1, 0.15) is 29.8 Å².